The molecule has 9 heteroatoms. The highest BCUT2D eigenvalue weighted by Gasteiger charge is 2.39. The van der Waals surface area contributed by atoms with E-state index in [0.29, 0.717) is 45.9 Å². The molecule has 0 aliphatic carbocycles. The van der Waals surface area contributed by atoms with Gasteiger partial charge in [-0.25, -0.2) is 14.8 Å². The van der Waals surface area contributed by atoms with Crippen LogP contribution in [0, 0.1) is 6.92 Å². The van der Waals surface area contributed by atoms with Crippen molar-refractivity contribution in [1.82, 2.24) is 9.97 Å². The fourth-order valence-corrected chi connectivity index (χ4v) is 4.52. The molecule has 0 amide bonds. The summed E-state index contributed by atoms with van der Waals surface area (Å²) in [6.07, 6.45) is 3.84. The zero-order valence-electron chi connectivity index (χ0n) is 16.0. The molecule has 3 heterocycles. The highest BCUT2D eigenvalue weighted by atomic mass is 35.5. The van der Waals surface area contributed by atoms with Gasteiger partial charge in [-0.2, -0.15) is 5.26 Å². The number of nitrogens with zero attached hydrogens (tertiary/aromatic N) is 3. The van der Waals surface area contributed by atoms with Gasteiger partial charge in [0.2, 0.25) is 0 Å². The topological polar surface area (TPSA) is 84.8 Å². The van der Waals surface area contributed by atoms with E-state index in [1.54, 1.807) is 25.1 Å². The summed E-state index contributed by atoms with van der Waals surface area (Å²) in [6, 6.07) is 5.16. The Morgan fingerprint density at radius 2 is 2.00 bits per heavy atom. The van der Waals surface area contributed by atoms with Crippen molar-refractivity contribution in [3.05, 3.63) is 39.6 Å². The van der Waals surface area contributed by atoms with Gasteiger partial charge in [-0.1, -0.05) is 35.3 Å². The Kier molecular flexibility index (Phi) is 5.66. The lowest BCUT2D eigenvalue weighted by atomic mass is 9.88. The molecule has 0 radical (unpaired) electrons. The van der Waals surface area contributed by atoms with E-state index in [-0.39, 0.29) is 11.3 Å². The number of benzene rings is 1. The van der Waals surface area contributed by atoms with Crippen molar-refractivity contribution in [3.8, 4) is 11.3 Å². The smallest absolute Gasteiger partial charge is 0.375 e. The van der Waals surface area contributed by atoms with Crippen LogP contribution in [0.1, 0.15) is 41.9 Å². The third kappa shape index (κ3) is 3.80. The SMILES string of the molecule is Cc1nc(N2CCC3(CCCO3)CC2)c(C(=O)OO)nc1-c1cccc(Cl)c1Cl. The summed E-state index contributed by atoms with van der Waals surface area (Å²) in [5.41, 5.74) is 1.43. The lowest BCUT2D eigenvalue weighted by Crippen LogP contribution is -2.45. The first-order valence-electron chi connectivity index (χ1n) is 9.52. The minimum absolute atomic E-state index is 0.0626. The molecule has 1 N–H and O–H groups in total. The number of rotatable bonds is 3. The maximum Gasteiger partial charge on any atom is 0.394 e. The summed E-state index contributed by atoms with van der Waals surface area (Å²) in [4.78, 5) is 27.4. The molecule has 7 nitrogen and oxygen atoms in total. The van der Waals surface area contributed by atoms with E-state index in [2.05, 4.69) is 14.9 Å². The lowest BCUT2D eigenvalue weighted by molar-refractivity contribution is -0.183. The zero-order valence-corrected chi connectivity index (χ0v) is 17.5. The van der Waals surface area contributed by atoms with Gasteiger partial charge in [0.05, 0.1) is 27.0 Å². The van der Waals surface area contributed by atoms with E-state index < -0.39 is 5.97 Å². The maximum atomic E-state index is 12.3. The molecule has 2 saturated heterocycles. The highest BCUT2D eigenvalue weighted by Crippen LogP contribution is 2.38. The molecule has 154 valence electrons. The second kappa shape index (κ2) is 8.07. The molecular formula is C20H21Cl2N3O4. The van der Waals surface area contributed by atoms with Crippen molar-refractivity contribution < 1.29 is 19.7 Å². The lowest BCUT2D eigenvalue weighted by Gasteiger charge is -2.39. The minimum atomic E-state index is -0.968. The van der Waals surface area contributed by atoms with Crippen LogP contribution in [0.15, 0.2) is 18.2 Å². The molecule has 0 bridgehead atoms. The average Bonchev–Trinajstić information content (AvgIpc) is 3.18. The maximum absolute atomic E-state index is 12.3. The van der Waals surface area contributed by atoms with Gasteiger partial charge >= 0.3 is 5.97 Å². The van der Waals surface area contributed by atoms with Crippen molar-refractivity contribution in [1.29, 1.82) is 0 Å². The Bertz CT molecular complexity index is 938. The minimum Gasteiger partial charge on any atom is -0.375 e. The number of hydrogen-bond acceptors (Lipinski definition) is 7. The molecule has 1 aromatic heterocycles. The number of anilines is 1. The van der Waals surface area contributed by atoms with Gasteiger partial charge in [-0.3, -0.25) is 4.89 Å². The molecule has 2 aromatic rings. The molecule has 2 aliphatic heterocycles. The second-order valence-electron chi connectivity index (χ2n) is 7.43. The van der Waals surface area contributed by atoms with Gasteiger partial charge in [0.15, 0.2) is 11.5 Å². The van der Waals surface area contributed by atoms with Gasteiger partial charge in [0.25, 0.3) is 0 Å². The first-order chi connectivity index (χ1) is 13.9. The van der Waals surface area contributed by atoms with E-state index >= 15 is 0 Å². The predicted octanol–water partition coefficient (Wildman–Crippen LogP) is 4.54. The number of piperidine rings is 1. The Labute approximate surface area is 178 Å². The fraction of sp³-hybridized carbons (Fsp3) is 0.450. The zero-order chi connectivity index (χ0) is 20.6. The van der Waals surface area contributed by atoms with Crippen molar-refractivity contribution >= 4 is 35.0 Å². The van der Waals surface area contributed by atoms with Gasteiger partial charge < -0.3 is 9.64 Å². The summed E-state index contributed by atoms with van der Waals surface area (Å²) in [7, 11) is 0. The van der Waals surface area contributed by atoms with Crippen LogP contribution in [0.5, 0.6) is 0 Å². The van der Waals surface area contributed by atoms with Crippen LogP contribution in [0.2, 0.25) is 10.0 Å². The Morgan fingerprint density at radius 3 is 2.66 bits per heavy atom. The molecule has 0 atom stereocenters. The Morgan fingerprint density at radius 1 is 1.24 bits per heavy atom. The third-order valence-electron chi connectivity index (χ3n) is 5.69. The van der Waals surface area contributed by atoms with E-state index in [1.165, 1.54) is 0 Å². The molecule has 0 saturated carbocycles. The molecule has 2 aliphatic rings. The van der Waals surface area contributed by atoms with Gasteiger partial charge in [0.1, 0.15) is 0 Å². The number of aromatic nitrogens is 2. The van der Waals surface area contributed by atoms with Gasteiger partial charge in [0, 0.05) is 25.3 Å². The predicted molar refractivity (Wildman–Crippen MR) is 110 cm³/mol. The van der Waals surface area contributed by atoms with Crippen molar-refractivity contribution in [2.24, 2.45) is 0 Å². The largest absolute Gasteiger partial charge is 0.394 e. The average molecular weight is 438 g/mol. The van der Waals surface area contributed by atoms with Crippen LogP contribution in [0.4, 0.5) is 5.82 Å². The highest BCUT2D eigenvalue weighted by molar-refractivity contribution is 6.43. The van der Waals surface area contributed by atoms with Crippen LogP contribution in [-0.4, -0.2) is 46.5 Å². The fourth-order valence-electron chi connectivity index (χ4n) is 4.13. The van der Waals surface area contributed by atoms with Crippen LogP contribution in [0.25, 0.3) is 11.3 Å². The van der Waals surface area contributed by atoms with Crippen LogP contribution in [-0.2, 0) is 9.62 Å². The first kappa shape index (κ1) is 20.3. The van der Waals surface area contributed by atoms with E-state index in [4.69, 9.17) is 33.2 Å². The number of halogens is 2. The Balaban J connectivity index is 1.72. The summed E-state index contributed by atoms with van der Waals surface area (Å²) in [5.74, 6) is -0.583. The molecule has 0 unspecified atom stereocenters. The summed E-state index contributed by atoms with van der Waals surface area (Å²) >= 11 is 12.5. The van der Waals surface area contributed by atoms with Crippen LogP contribution >= 0.6 is 23.2 Å². The quantitative estimate of drug-likeness (QED) is 0.557. The van der Waals surface area contributed by atoms with Crippen molar-refractivity contribution in [2.75, 3.05) is 24.6 Å². The normalized spacial score (nSPS) is 18.3. The number of ether oxygens (including phenoxy) is 1. The summed E-state index contributed by atoms with van der Waals surface area (Å²) in [5, 5.41) is 9.70. The summed E-state index contributed by atoms with van der Waals surface area (Å²) in [6.45, 7) is 3.95. The molecule has 2 fully saturated rings. The van der Waals surface area contributed by atoms with Gasteiger partial charge in [-0.05, 0) is 38.7 Å². The molecule has 1 spiro atoms. The molecule has 1 aromatic carbocycles. The number of carbonyl (C=O) groups excluding carboxylic acids is 1. The van der Waals surface area contributed by atoms with Crippen LogP contribution in [0.3, 0.4) is 0 Å². The first-order valence-corrected chi connectivity index (χ1v) is 10.3. The van der Waals surface area contributed by atoms with E-state index in [0.717, 1.165) is 32.3 Å². The van der Waals surface area contributed by atoms with Crippen LogP contribution < -0.4 is 4.90 Å². The molecule has 4 rings (SSSR count). The van der Waals surface area contributed by atoms with E-state index in [1.807, 2.05) is 4.90 Å². The standard InChI is InChI=1S/C20H21Cl2N3O4/c1-12-16(13-4-2-5-14(21)15(13)22)24-17(19(26)29-27)18(23-12)25-9-7-20(8-10-25)6-3-11-28-20/h2,4-5,27H,3,6-11H2,1H3. The third-order valence-corrected chi connectivity index (χ3v) is 6.51. The number of carbonyl (C=O) groups is 1. The monoisotopic (exact) mass is 437 g/mol. The van der Waals surface area contributed by atoms with Crippen molar-refractivity contribution in [3.63, 3.8) is 0 Å². The Hall–Kier alpha value is -1.93. The molecule has 29 heavy (non-hydrogen) atoms. The van der Waals surface area contributed by atoms with Gasteiger partial charge in [-0.15, -0.1) is 0 Å². The van der Waals surface area contributed by atoms with E-state index in [9.17, 15) is 4.79 Å². The number of hydrogen-bond donors (Lipinski definition) is 1. The molecular weight excluding hydrogens is 417 g/mol. The summed E-state index contributed by atoms with van der Waals surface area (Å²) < 4.78 is 5.97. The number of aryl methyl sites for hydroxylation is 1. The second-order valence-corrected chi connectivity index (χ2v) is 8.22. The van der Waals surface area contributed by atoms with Crippen molar-refractivity contribution in [2.45, 2.75) is 38.2 Å².